The molecule has 2 aliphatic heterocycles. The maximum absolute atomic E-state index is 13.1. The first-order chi connectivity index (χ1) is 13.8. The average Bonchev–Trinajstić information content (AvgIpc) is 2.74. The molecule has 2 aromatic carbocycles. The van der Waals surface area contributed by atoms with Crippen LogP contribution in [0, 0.1) is 5.41 Å². The van der Waals surface area contributed by atoms with Gasteiger partial charge in [-0.1, -0.05) is 32.0 Å². The van der Waals surface area contributed by atoms with Crippen molar-refractivity contribution in [3.05, 3.63) is 71.2 Å². The van der Waals surface area contributed by atoms with Crippen LogP contribution in [0.2, 0.25) is 0 Å². The minimum absolute atomic E-state index is 0.153. The van der Waals surface area contributed by atoms with Gasteiger partial charge in [0.1, 0.15) is 11.5 Å². The Balaban J connectivity index is 1.54. The molecule has 0 spiro atoms. The van der Waals surface area contributed by atoms with Crippen molar-refractivity contribution in [1.29, 1.82) is 0 Å². The summed E-state index contributed by atoms with van der Waals surface area (Å²) in [6, 6.07) is 15.1. The molecule has 0 amide bonds. The molecule has 2 heterocycles. The van der Waals surface area contributed by atoms with Crippen molar-refractivity contribution in [2.24, 2.45) is 15.6 Å². The monoisotopic (exact) mass is 410 g/mol. The van der Waals surface area contributed by atoms with Crippen molar-refractivity contribution in [1.82, 2.24) is 0 Å². The van der Waals surface area contributed by atoms with Gasteiger partial charge in [-0.25, -0.2) is 0 Å². The molecule has 0 aliphatic carbocycles. The molecule has 4 rings (SSSR count). The van der Waals surface area contributed by atoms with E-state index in [2.05, 4.69) is 10.2 Å². The number of nitrogens with zero attached hydrogens (tertiary/aromatic N) is 2. The van der Waals surface area contributed by atoms with Crippen LogP contribution in [-0.2, 0) is 13.6 Å². The highest BCUT2D eigenvalue weighted by Crippen LogP contribution is 2.61. The number of allylic oxidation sites excluding steroid dienone is 2. The summed E-state index contributed by atoms with van der Waals surface area (Å²) in [6.45, 7) is 6.51. The average molecular weight is 410 g/mol. The van der Waals surface area contributed by atoms with Gasteiger partial charge < -0.3 is 13.8 Å². The quantitative estimate of drug-likeness (QED) is 0.403. The first-order valence-corrected chi connectivity index (χ1v) is 11.0. The van der Waals surface area contributed by atoms with Crippen LogP contribution in [0.4, 0.5) is 11.4 Å². The Morgan fingerprint density at radius 3 is 2.38 bits per heavy atom. The van der Waals surface area contributed by atoms with Gasteiger partial charge >= 0.3 is 7.60 Å². The van der Waals surface area contributed by atoms with Gasteiger partial charge in [0.15, 0.2) is 0 Å². The van der Waals surface area contributed by atoms with Crippen molar-refractivity contribution in [2.45, 2.75) is 20.8 Å². The summed E-state index contributed by atoms with van der Waals surface area (Å²) in [5, 5.41) is 8.98. The third-order valence-corrected chi connectivity index (χ3v) is 6.66. The Hall–Kier alpha value is -2.53. The SMILES string of the molecule is C/C(=C1/C=Cc2cc(N=Nc3ccccc3)ccc2O1)P1(=O)OCC(C)(C)CO1. The molecule has 6 nitrogen and oxygen atoms in total. The first-order valence-electron chi connectivity index (χ1n) is 9.42. The minimum Gasteiger partial charge on any atom is -0.456 e. The largest absolute Gasteiger partial charge is 0.456 e. The van der Waals surface area contributed by atoms with Crippen LogP contribution in [-0.4, -0.2) is 13.2 Å². The highest BCUT2D eigenvalue weighted by atomic mass is 31.2. The Bertz CT molecular complexity index is 1040. The van der Waals surface area contributed by atoms with E-state index >= 15 is 0 Å². The molecule has 7 heteroatoms. The van der Waals surface area contributed by atoms with Gasteiger partial charge in [-0.15, -0.1) is 0 Å². The van der Waals surface area contributed by atoms with Crippen molar-refractivity contribution in [3.8, 4) is 5.75 Å². The summed E-state index contributed by atoms with van der Waals surface area (Å²) < 4.78 is 30.3. The van der Waals surface area contributed by atoms with Crippen LogP contribution in [0.5, 0.6) is 5.75 Å². The highest BCUT2D eigenvalue weighted by molar-refractivity contribution is 7.58. The van der Waals surface area contributed by atoms with E-state index in [1.165, 1.54) is 0 Å². The van der Waals surface area contributed by atoms with Gasteiger partial charge in [-0.2, -0.15) is 10.2 Å². The summed E-state index contributed by atoms with van der Waals surface area (Å²) in [5.41, 5.74) is 2.23. The van der Waals surface area contributed by atoms with Crippen LogP contribution < -0.4 is 4.74 Å². The van der Waals surface area contributed by atoms with Crippen molar-refractivity contribution < 1.29 is 18.3 Å². The Labute approximate surface area is 170 Å². The summed E-state index contributed by atoms with van der Waals surface area (Å²) in [6.07, 6.45) is 3.68. The lowest BCUT2D eigenvalue weighted by atomic mass is 9.97. The Morgan fingerprint density at radius 2 is 1.66 bits per heavy atom. The van der Waals surface area contributed by atoms with Gasteiger partial charge in [0, 0.05) is 11.0 Å². The van der Waals surface area contributed by atoms with Gasteiger partial charge in [0.05, 0.1) is 29.9 Å². The van der Waals surface area contributed by atoms with Gasteiger partial charge in [0.2, 0.25) is 0 Å². The fourth-order valence-corrected chi connectivity index (χ4v) is 4.76. The molecule has 150 valence electrons. The molecular weight excluding hydrogens is 387 g/mol. The predicted octanol–water partition coefficient (Wildman–Crippen LogP) is 7.01. The Kier molecular flexibility index (Phi) is 5.26. The van der Waals surface area contributed by atoms with Gasteiger partial charge in [0.25, 0.3) is 0 Å². The highest BCUT2D eigenvalue weighted by Gasteiger charge is 2.39. The van der Waals surface area contributed by atoms with Crippen LogP contribution in [0.15, 0.2) is 75.9 Å². The van der Waals surface area contributed by atoms with E-state index in [-0.39, 0.29) is 5.41 Å². The maximum atomic E-state index is 13.1. The van der Waals surface area contributed by atoms with E-state index in [1.54, 1.807) is 13.0 Å². The molecule has 0 saturated carbocycles. The second-order valence-corrected chi connectivity index (χ2v) is 10.0. The zero-order valence-corrected chi connectivity index (χ0v) is 17.6. The van der Waals surface area contributed by atoms with E-state index in [1.807, 2.05) is 68.5 Å². The van der Waals surface area contributed by atoms with Crippen LogP contribution in [0.25, 0.3) is 6.08 Å². The van der Waals surface area contributed by atoms with E-state index in [0.717, 1.165) is 16.9 Å². The van der Waals surface area contributed by atoms with Crippen LogP contribution >= 0.6 is 7.60 Å². The number of hydrogen-bond acceptors (Lipinski definition) is 6. The number of fused-ring (bicyclic) bond motifs is 1. The number of benzene rings is 2. The minimum atomic E-state index is -3.35. The smallest absolute Gasteiger partial charge is 0.360 e. The Morgan fingerprint density at radius 1 is 0.966 bits per heavy atom. The third kappa shape index (κ3) is 4.40. The maximum Gasteiger partial charge on any atom is 0.360 e. The van der Waals surface area contributed by atoms with Gasteiger partial charge in [-0.3, -0.25) is 4.57 Å². The number of rotatable bonds is 3. The molecule has 1 fully saturated rings. The van der Waals surface area contributed by atoms with Crippen molar-refractivity contribution in [2.75, 3.05) is 13.2 Å². The normalized spacial score (nSPS) is 21.5. The predicted molar refractivity (Wildman–Crippen MR) is 113 cm³/mol. The zero-order valence-electron chi connectivity index (χ0n) is 16.7. The summed E-state index contributed by atoms with van der Waals surface area (Å²) in [4.78, 5) is 0. The van der Waals surface area contributed by atoms with E-state index < -0.39 is 7.60 Å². The van der Waals surface area contributed by atoms with Crippen molar-refractivity contribution >= 4 is 25.0 Å². The molecule has 0 bridgehead atoms. The second-order valence-electron chi connectivity index (χ2n) is 7.85. The first kappa shape index (κ1) is 19.8. The molecule has 0 radical (unpaired) electrons. The molecule has 0 aromatic heterocycles. The number of ether oxygens (including phenoxy) is 1. The van der Waals surface area contributed by atoms with Crippen LogP contribution in [0.3, 0.4) is 0 Å². The third-order valence-electron chi connectivity index (χ3n) is 4.68. The fraction of sp³-hybridized carbons (Fsp3) is 0.273. The van der Waals surface area contributed by atoms with Crippen LogP contribution in [0.1, 0.15) is 26.3 Å². The number of hydrogen-bond donors (Lipinski definition) is 0. The standard InChI is InChI=1S/C22H23N2O4P/c1-16(29(25)26-14-22(2,3)15-27-29)20-11-9-17-13-19(10-12-21(17)28-20)24-23-18-7-5-4-6-8-18/h4-13H,14-15H2,1-3H3/b20-16+,24-23?. The second kappa shape index (κ2) is 7.71. The number of azo groups is 1. The molecule has 2 aromatic rings. The topological polar surface area (TPSA) is 69.5 Å². The summed E-state index contributed by atoms with van der Waals surface area (Å²) in [7, 11) is -3.35. The summed E-state index contributed by atoms with van der Waals surface area (Å²) in [5.74, 6) is 1.14. The van der Waals surface area contributed by atoms with E-state index in [4.69, 9.17) is 13.8 Å². The van der Waals surface area contributed by atoms with Gasteiger partial charge in [-0.05, 0) is 49.4 Å². The molecule has 2 aliphatic rings. The fourth-order valence-electron chi connectivity index (χ4n) is 2.87. The molecular formula is C22H23N2O4P. The van der Waals surface area contributed by atoms with E-state index in [0.29, 0.717) is 30.0 Å². The lowest BCUT2D eigenvalue weighted by molar-refractivity contribution is 0.0442. The summed E-state index contributed by atoms with van der Waals surface area (Å²) >= 11 is 0. The molecule has 0 N–H and O–H groups in total. The molecule has 29 heavy (non-hydrogen) atoms. The molecule has 1 saturated heterocycles. The molecule has 0 atom stereocenters. The van der Waals surface area contributed by atoms with E-state index in [9.17, 15) is 4.57 Å². The van der Waals surface area contributed by atoms with Crippen molar-refractivity contribution in [3.63, 3.8) is 0 Å². The lowest BCUT2D eigenvalue weighted by Crippen LogP contribution is -2.29. The zero-order chi connectivity index (χ0) is 20.5. The molecule has 0 unspecified atom stereocenters. The lowest BCUT2D eigenvalue weighted by Gasteiger charge is -2.34.